The summed E-state index contributed by atoms with van der Waals surface area (Å²) in [7, 11) is 0. The minimum atomic E-state index is 0.643. The Kier molecular flexibility index (Phi) is 6.37. The fraction of sp³-hybridized carbons (Fsp3) is 1.00. The van der Waals surface area contributed by atoms with Gasteiger partial charge in [-0.2, -0.15) is 0 Å². The summed E-state index contributed by atoms with van der Waals surface area (Å²) in [5, 5.41) is 3.63. The van der Waals surface area contributed by atoms with Gasteiger partial charge in [0.15, 0.2) is 0 Å². The van der Waals surface area contributed by atoms with Crippen molar-refractivity contribution in [2.75, 3.05) is 19.6 Å². The largest absolute Gasteiger partial charge is 0.313 e. The topological polar surface area (TPSA) is 15.3 Å². The Balaban J connectivity index is 2.20. The van der Waals surface area contributed by atoms with E-state index in [9.17, 15) is 0 Å². The van der Waals surface area contributed by atoms with E-state index in [0.717, 1.165) is 18.5 Å². The number of likely N-dealkylation sites (tertiary alicyclic amines) is 1. The number of nitrogens with zero attached hydrogens (tertiary/aromatic N) is 1. The number of nitrogens with one attached hydrogen (secondary N) is 1. The van der Waals surface area contributed by atoms with Gasteiger partial charge in [0.1, 0.15) is 0 Å². The molecule has 1 N–H and O–H groups in total. The van der Waals surface area contributed by atoms with E-state index in [-0.39, 0.29) is 0 Å². The van der Waals surface area contributed by atoms with Gasteiger partial charge in [0.25, 0.3) is 0 Å². The van der Waals surface area contributed by atoms with Crippen molar-refractivity contribution in [3.05, 3.63) is 0 Å². The Morgan fingerprint density at radius 3 is 2.62 bits per heavy atom. The molecule has 96 valence electrons. The van der Waals surface area contributed by atoms with Gasteiger partial charge in [0, 0.05) is 25.2 Å². The van der Waals surface area contributed by atoms with Gasteiger partial charge in [0.2, 0.25) is 0 Å². The number of hydrogen-bond acceptors (Lipinski definition) is 2. The molecule has 1 heterocycles. The summed E-state index contributed by atoms with van der Waals surface area (Å²) in [6.45, 7) is 12.9. The van der Waals surface area contributed by atoms with Crippen molar-refractivity contribution >= 4 is 0 Å². The zero-order valence-corrected chi connectivity index (χ0v) is 11.6. The van der Waals surface area contributed by atoms with Crippen molar-refractivity contribution < 1.29 is 0 Å². The molecule has 0 aromatic carbocycles. The summed E-state index contributed by atoms with van der Waals surface area (Å²) in [5.74, 6) is 0.739. The van der Waals surface area contributed by atoms with E-state index < -0.39 is 0 Å². The number of hydrogen-bond donors (Lipinski definition) is 1. The molecule has 16 heavy (non-hydrogen) atoms. The Morgan fingerprint density at radius 1 is 1.25 bits per heavy atom. The molecule has 0 bridgehead atoms. The van der Waals surface area contributed by atoms with E-state index in [1.807, 2.05) is 0 Å². The van der Waals surface area contributed by atoms with Gasteiger partial charge in [0.05, 0.1) is 0 Å². The Labute approximate surface area is 102 Å². The van der Waals surface area contributed by atoms with Crippen molar-refractivity contribution in [1.29, 1.82) is 0 Å². The van der Waals surface area contributed by atoms with E-state index >= 15 is 0 Å². The first-order valence-corrected chi connectivity index (χ1v) is 7.12. The molecule has 0 amide bonds. The van der Waals surface area contributed by atoms with Gasteiger partial charge < -0.3 is 5.32 Å². The summed E-state index contributed by atoms with van der Waals surface area (Å²) in [4.78, 5) is 2.68. The molecule has 0 spiro atoms. The molecule has 0 saturated carbocycles. The van der Waals surface area contributed by atoms with Crippen LogP contribution in [0, 0.1) is 5.92 Å². The van der Waals surface area contributed by atoms with E-state index in [1.54, 1.807) is 0 Å². The quantitative estimate of drug-likeness (QED) is 0.749. The number of rotatable bonds is 6. The maximum absolute atomic E-state index is 3.63. The molecule has 0 radical (unpaired) electrons. The molecular formula is C14H30N2. The van der Waals surface area contributed by atoms with Gasteiger partial charge in [-0.3, -0.25) is 4.90 Å². The molecule has 1 rings (SSSR count). The first-order valence-electron chi connectivity index (χ1n) is 7.12. The van der Waals surface area contributed by atoms with Gasteiger partial charge in [-0.05, 0) is 38.6 Å². The summed E-state index contributed by atoms with van der Waals surface area (Å²) in [6.07, 6.45) is 5.57. The van der Waals surface area contributed by atoms with Crippen LogP contribution in [0.4, 0.5) is 0 Å². The van der Waals surface area contributed by atoms with Crippen LogP contribution >= 0.6 is 0 Å². The van der Waals surface area contributed by atoms with E-state index in [0.29, 0.717) is 6.04 Å². The second kappa shape index (κ2) is 7.29. The Bertz CT molecular complexity index is 180. The highest BCUT2D eigenvalue weighted by Crippen LogP contribution is 2.18. The smallest absolute Gasteiger partial charge is 0.0110 e. The summed E-state index contributed by atoms with van der Waals surface area (Å²) >= 11 is 0. The van der Waals surface area contributed by atoms with Crippen molar-refractivity contribution in [2.45, 2.75) is 65.5 Å². The van der Waals surface area contributed by atoms with Crippen LogP contribution in [0.25, 0.3) is 0 Å². The lowest BCUT2D eigenvalue weighted by molar-refractivity contribution is 0.143. The van der Waals surface area contributed by atoms with Crippen molar-refractivity contribution in [3.63, 3.8) is 0 Å². The zero-order valence-electron chi connectivity index (χ0n) is 11.6. The minimum Gasteiger partial charge on any atom is -0.313 e. The van der Waals surface area contributed by atoms with Gasteiger partial charge in [-0.25, -0.2) is 0 Å². The highest BCUT2D eigenvalue weighted by atomic mass is 15.2. The fourth-order valence-electron chi connectivity index (χ4n) is 2.49. The molecule has 2 atom stereocenters. The third kappa shape index (κ3) is 4.42. The van der Waals surface area contributed by atoms with E-state index in [4.69, 9.17) is 0 Å². The average Bonchev–Trinajstić information content (AvgIpc) is 2.29. The maximum Gasteiger partial charge on any atom is 0.0110 e. The molecular weight excluding hydrogens is 196 g/mol. The van der Waals surface area contributed by atoms with Gasteiger partial charge in [-0.15, -0.1) is 0 Å². The highest BCUT2D eigenvalue weighted by molar-refractivity contribution is 4.76. The monoisotopic (exact) mass is 226 g/mol. The molecule has 0 aliphatic carbocycles. The summed E-state index contributed by atoms with van der Waals surface area (Å²) in [6, 6.07) is 1.50. The minimum absolute atomic E-state index is 0.643. The molecule has 0 aromatic rings. The molecule has 2 heteroatoms. The lowest BCUT2D eigenvalue weighted by atomic mass is 10.00. The second-order valence-electron chi connectivity index (χ2n) is 5.58. The van der Waals surface area contributed by atoms with Crippen LogP contribution in [0.2, 0.25) is 0 Å². The SMILES string of the molecule is CCC1CCCCN1CCNC(C)C(C)C. The first-order chi connectivity index (χ1) is 7.65. The normalized spacial score (nSPS) is 24.9. The lowest BCUT2D eigenvalue weighted by Crippen LogP contribution is -2.44. The van der Waals surface area contributed by atoms with Crippen LogP contribution in [0.5, 0.6) is 0 Å². The second-order valence-corrected chi connectivity index (χ2v) is 5.58. The molecule has 1 aliphatic heterocycles. The molecule has 1 saturated heterocycles. The summed E-state index contributed by atoms with van der Waals surface area (Å²) in [5.41, 5.74) is 0. The molecule has 0 aromatic heterocycles. The highest BCUT2D eigenvalue weighted by Gasteiger charge is 2.20. The maximum atomic E-state index is 3.63. The zero-order chi connectivity index (χ0) is 12.0. The third-order valence-corrected chi connectivity index (χ3v) is 4.09. The third-order valence-electron chi connectivity index (χ3n) is 4.09. The van der Waals surface area contributed by atoms with Crippen molar-refractivity contribution in [3.8, 4) is 0 Å². The summed E-state index contributed by atoms with van der Waals surface area (Å²) < 4.78 is 0. The lowest BCUT2D eigenvalue weighted by Gasteiger charge is -2.35. The Hall–Kier alpha value is -0.0800. The van der Waals surface area contributed by atoms with Gasteiger partial charge in [-0.1, -0.05) is 27.2 Å². The molecule has 2 nitrogen and oxygen atoms in total. The number of piperidine rings is 1. The van der Waals surface area contributed by atoms with Crippen LogP contribution in [-0.2, 0) is 0 Å². The predicted octanol–water partition coefficient (Wildman–Crippen LogP) is 2.89. The molecule has 1 aliphatic rings. The van der Waals surface area contributed by atoms with E-state index in [1.165, 1.54) is 38.8 Å². The van der Waals surface area contributed by atoms with Crippen LogP contribution < -0.4 is 5.32 Å². The fourth-order valence-corrected chi connectivity index (χ4v) is 2.49. The molecule has 1 fully saturated rings. The Morgan fingerprint density at radius 2 is 2.00 bits per heavy atom. The first kappa shape index (κ1) is 14.0. The van der Waals surface area contributed by atoms with Crippen LogP contribution in [0.1, 0.15) is 53.4 Å². The van der Waals surface area contributed by atoms with Gasteiger partial charge >= 0.3 is 0 Å². The van der Waals surface area contributed by atoms with Crippen LogP contribution in [0.3, 0.4) is 0 Å². The van der Waals surface area contributed by atoms with Crippen LogP contribution in [-0.4, -0.2) is 36.6 Å². The van der Waals surface area contributed by atoms with E-state index in [2.05, 4.69) is 37.9 Å². The van der Waals surface area contributed by atoms with Crippen molar-refractivity contribution in [2.24, 2.45) is 5.92 Å². The standard InChI is InChI=1S/C14H30N2/c1-5-14-8-6-7-10-16(14)11-9-15-13(4)12(2)3/h12-15H,5-11H2,1-4H3. The predicted molar refractivity (Wildman–Crippen MR) is 71.8 cm³/mol. The van der Waals surface area contributed by atoms with Crippen LogP contribution in [0.15, 0.2) is 0 Å². The van der Waals surface area contributed by atoms with Crippen molar-refractivity contribution in [1.82, 2.24) is 10.2 Å². The molecule has 2 unspecified atom stereocenters. The average molecular weight is 226 g/mol.